The molecule has 0 atom stereocenters. The van der Waals surface area contributed by atoms with Crippen LogP contribution in [0.2, 0.25) is 0 Å². The Morgan fingerprint density at radius 1 is 0.462 bits per heavy atom. The van der Waals surface area contributed by atoms with E-state index in [0.29, 0.717) is 22.8 Å². The largest absolute Gasteiger partial charge is 0.454 e. The lowest BCUT2D eigenvalue weighted by Gasteiger charge is -2.30. The van der Waals surface area contributed by atoms with Gasteiger partial charge in [0.25, 0.3) is 0 Å². The van der Waals surface area contributed by atoms with Crippen molar-refractivity contribution in [2.45, 2.75) is 5.41 Å². The van der Waals surface area contributed by atoms with Crippen LogP contribution >= 0.6 is 0 Å². The summed E-state index contributed by atoms with van der Waals surface area (Å²) in [6.07, 6.45) is 0. The zero-order chi connectivity index (χ0) is 42.8. The molecule has 65 heavy (non-hydrogen) atoms. The summed E-state index contributed by atoms with van der Waals surface area (Å²) in [5, 5.41) is 14.9. The van der Waals surface area contributed by atoms with E-state index in [1.807, 2.05) is 72.8 Å². The van der Waals surface area contributed by atoms with Crippen molar-refractivity contribution in [2.75, 3.05) is 0 Å². The number of hydrogen-bond donors (Lipinski definition) is 0. The highest BCUT2D eigenvalue weighted by atomic mass is 16.3. The minimum atomic E-state index is -0.493. The van der Waals surface area contributed by atoms with E-state index >= 15 is 0 Å². The van der Waals surface area contributed by atoms with Gasteiger partial charge in [0.05, 0.1) is 33.5 Å². The summed E-state index contributed by atoms with van der Waals surface area (Å²) in [5.41, 5.74) is 18.5. The molecule has 2 aliphatic carbocycles. The molecule has 1 spiro atoms. The van der Waals surface area contributed by atoms with E-state index in [4.69, 9.17) is 14.4 Å². The van der Waals surface area contributed by atoms with Gasteiger partial charge in [-0.05, 0) is 63.2 Å². The SMILES string of the molecule is N#Cc1c(-c2ccccc2)nc(-c2ccc(-n3c4ccccc4c4ccc5c(c43)-c3ccccc3C53c4ccccc4-c4ccccc43)c3oc4ccccc4c23)nc1-c1ccccc1. The molecular weight excluding hydrogens is 793 g/mol. The first-order valence-electron chi connectivity index (χ1n) is 22.0. The smallest absolute Gasteiger partial charge is 0.161 e. The summed E-state index contributed by atoms with van der Waals surface area (Å²) in [5.74, 6) is 0.516. The van der Waals surface area contributed by atoms with Crippen LogP contribution < -0.4 is 0 Å². The number of hydrogen-bond acceptors (Lipinski definition) is 4. The van der Waals surface area contributed by atoms with Gasteiger partial charge in [0.1, 0.15) is 17.2 Å². The zero-order valence-electron chi connectivity index (χ0n) is 34.8. The van der Waals surface area contributed by atoms with Gasteiger partial charge in [0.2, 0.25) is 0 Å². The number of fused-ring (bicyclic) bond motifs is 17. The third-order valence-corrected chi connectivity index (χ3v) is 13.9. The minimum Gasteiger partial charge on any atom is -0.454 e. The van der Waals surface area contributed by atoms with E-state index in [0.717, 1.165) is 55.3 Å². The molecule has 9 aromatic carbocycles. The molecule has 0 fully saturated rings. The number of benzene rings is 9. The van der Waals surface area contributed by atoms with Gasteiger partial charge >= 0.3 is 0 Å². The molecule has 3 aromatic heterocycles. The van der Waals surface area contributed by atoms with E-state index < -0.39 is 5.41 Å². The highest BCUT2D eigenvalue weighted by Crippen LogP contribution is 2.64. The Kier molecular flexibility index (Phi) is 7.32. The molecule has 12 aromatic rings. The molecule has 0 unspecified atom stereocenters. The van der Waals surface area contributed by atoms with E-state index in [-0.39, 0.29) is 0 Å². The quantitative estimate of drug-likeness (QED) is 0.177. The van der Waals surface area contributed by atoms with Crippen molar-refractivity contribution in [2.24, 2.45) is 0 Å². The first-order chi connectivity index (χ1) is 32.2. The fourth-order valence-electron chi connectivity index (χ4n) is 11.4. The summed E-state index contributed by atoms with van der Waals surface area (Å²) in [6, 6.07) is 75.3. The van der Waals surface area contributed by atoms with Crippen LogP contribution in [0.3, 0.4) is 0 Å². The van der Waals surface area contributed by atoms with Gasteiger partial charge in [0, 0.05) is 43.8 Å². The second-order valence-corrected chi connectivity index (χ2v) is 17.0. The van der Waals surface area contributed by atoms with Crippen LogP contribution in [0, 0.1) is 11.3 Å². The number of rotatable bonds is 4. The standard InChI is InChI=1S/C60H34N4O/c61-35-45-55(36-17-3-1-4-18-36)62-59(63-56(45)37-19-5-2-6-20-37)44-32-34-51(58-53(44)43-25-11-16-30-52(43)65-58)64-50-29-15-10-23-40(50)41-31-33-49-54(57(41)64)42-24-9-14-28-48(42)60(49)46-26-12-7-21-38(46)39-22-8-13-27-47(39)60/h1-34H. The zero-order valence-corrected chi connectivity index (χ0v) is 34.8. The van der Waals surface area contributed by atoms with E-state index in [1.165, 1.54) is 55.3 Å². The van der Waals surface area contributed by atoms with Crippen LogP contribution in [-0.2, 0) is 5.41 Å². The lowest BCUT2D eigenvalue weighted by Crippen LogP contribution is -2.25. The molecule has 3 heterocycles. The normalized spacial score (nSPS) is 13.0. The second kappa shape index (κ2) is 13.3. The van der Waals surface area contributed by atoms with Crippen molar-refractivity contribution < 1.29 is 4.42 Å². The molecule has 14 rings (SSSR count). The van der Waals surface area contributed by atoms with Gasteiger partial charge in [-0.1, -0.05) is 182 Å². The maximum atomic E-state index is 10.7. The molecule has 0 bridgehead atoms. The summed E-state index contributed by atoms with van der Waals surface area (Å²) in [6.45, 7) is 0. The molecular formula is C60H34N4O. The molecule has 0 amide bonds. The van der Waals surface area contributed by atoms with Crippen LogP contribution in [-0.4, -0.2) is 14.5 Å². The Labute approximate surface area is 373 Å². The number of para-hydroxylation sites is 2. The molecule has 300 valence electrons. The number of furan rings is 1. The molecule has 2 aliphatic rings. The third-order valence-electron chi connectivity index (χ3n) is 13.9. The highest BCUT2D eigenvalue weighted by Gasteiger charge is 2.52. The van der Waals surface area contributed by atoms with Gasteiger partial charge in [0.15, 0.2) is 11.4 Å². The van der Waals surface area contributed by atoms with Gasteiger partial charge < -0.3 is 8.98 Å². The van der Waals surface area contributed by atoms with Crippen molar-refractivity contribution in [3.63, 3.8) is 0 Å². The fourth-order valence-corrected chi connectivity index (χ4v) is 11.4. The maximum Gasteiger partial charge on any atom is 0.161 e. The Morgan fingerprint density at radius 3 is 1.68 bits per heavy atom. The van der Waals surface area contributed by atoms with E-state index in [2.05, 4.69) is 144 Å². The van der Waals surface area contributed by atoms with Crippen LogP contribution in [0.1, 0.15) is 27.8 Å². The second-order valence-electron chi connectivity index (χ2n) is 17.0. The van der Waals surface area contributed by atoms with Crippen LogP contribution in [0.25, 0.3) is 106 Å². The Bertz CT molecular complexity index is 3920. The number of aromatic nitrogens is 3. The Balaban J connectivity index is 1.10. The summed E-state index contributed by atoms with van der Waals surface area (Å²) < 4.78 is 9.52. The summed E-state index contributed by atoms with van der Waals surface area (Å²) in [7, 11) is 0. The van der Waals surface area contributed by atoms with Crippen molar-refractivity contribution in [1.82, 2.24) is 14.5 Å². The molecule has 5 nitrogen and oxygen atoms in total. The molecule has 0 N–H and O–H groups in total. The van der Waals surface area contributed by atoms with Crippen LogP contribution in [0.4, 0.5) is 0 Å². The minimum absolute atomic E-state index is 0.431. The van der Waals surface area contributed by atoms with Gasteiger partial charge in [-0.15, -0.1) is 0 Å². The first-order valence-corrected chi connectivity index (χ1v) is 22.0. The Morgan fingerprint density at radius 2 is 1.02 bits per heavy atom. The molecule has 0 aliphatic heterocycles. The predicted octanol–water partition coefficient (Wildman–Crippen LogP) is 14.7. The number of nitriles is 1. The third kappa shape index (κ3) is 4.70. The molecule has 5 heteroatoms. The molecule has 0 saturated carbocycles. The number of nitrogens with zero attached hydrogens (tertiary/aromatic N) is 4. The van der Waals surface area contributed by atoms with Crippen molar-refractivity contribution in [3.05, 3.63) is 234 Å². The Hall–Kier alpha value is -8.85. The predicted molar refractivity (Wildman–Crippen MR) is 261 cm³/mol. The topological polar surface area (TPSA) is 67.6 Å². The van der Waals surface area contributed by atoms with Crippen molar-refractivity contribution >= 4 is 43.7 Å². The fraction of sp³-hybridized carbons (Fsp3) is 0.0167. The van der Waals surface area contributed by atoms with Gasteiger partial charge in [-0.25, -0.2) is 9.97 Å². The average Bonchev–Trinajstić information content (AvgIpc) is 4.10. The first kappa shape index (κ1) is 35.7. The molecule has 0 saturated heterocycles. The average molecular weight is 827 g/mol. The van der Waals surface area contributed by atoms with Crippen LogP contribution in [0.15, 0.2) is 211 Å². The summed E-state index contributed by atoms with van der Waals surface area (Å²) >= 11 is 0. The van der Waals surface area contributed by atoms with Gasteiger partial charge in [-0.2, -0.15) is 5.26 Å². The molecule has 0 radical (unpaired) electrons. The van der Waals surface area contributed by atoms with Crippen molar-refractivity contribution in [3.8, 4) is 67.9 Å². The van der Waals surface area contributed by atoms with Crippen molar-refractivity contribution in [1.29, 1.82) is 5.26 Å². The van der Waals surface area contributed by atoms with Gasteiger partial charge in [-0.3, -0.25) is 0 Å². The van der Waals surface area contributed by atoms with E-state index in [1.54, 1.807) is 0 Å². The lowest BCUT2D eigenvalue weighted by atomic mass is 9.70. The summed E-state index contributed by atoms with van der Waals surface area (Å²) in [4.78, 5) is 10.5. The van der Waals surface area contributed by atoms with Crippen LogP contribution in [0.5, 0.6) is 0 Å². The highest BCUT2D eigenvalue weighted by molar-refractivity contribution is 6.19. The lowest BCUT2D eigenvalue weighted by molar-refractivity contribution is 0.666. The van der Waals surface area contributed by atoms with E-state index in [9.17, 15) is 5.26 Å². The monoisotopic (exact) mass is 826 g/mol. The maximum absolute atomic E-state index is 10.7.